The molecule has 0 fully saturated rings. The largest absolute Gasteiger partial charge is 0.336 e. The second kappa shape index (κ2) is 7.58. The summed E-state index contributed by atoms with van der Waals surface area (Å²) in [5.41, 5.74) is 0.342. The van der Waals surface area contributed by atoms with Crippen molar-refractivity contribution in [3.63, 3.8) is 0 Å². The number of rotatable bonds is 5. The second-order valence-electron chi connectivity index (χ2n) is 4.98. The Bertz CT molecular complexity index is 906. The highest BCUT2D eigenvalue weighted by Crippen LogP contribution is 2.12. The maximum atomic E-state index is 11.9. The van der Waals surface area contributed by atoms with Crippen molar-refractivity contribution in [1.29, 1.82) is 0 Å². The molecule has 3 aromatic rings. The number of nitrogens with zero attached hydrogens (tertiary/aromatic N) is 5. The van der Waals surface area contributed by atoms with Gasteiger partial charge >= 0.3 is 6.03 Å². The van der Waals surface area contributed by atoms with Gasteiger partial charge < -0.3 is 10.6 Å². The van der Waals surface area contributed by atoms with Gasteiger partial charge in [0.2, 0.25) is 0 Å². The molecule has 0 spiro atoms. The molecule has 2 amide bonds. The SMILES string of the molecule is O=C(NCCn1nc(-n2cncn2)ccc1=O)Nc1ccc(Cl)cc1. The van der Waals surface area contributed by atoms with Crippen LogP contribution in [0.1, 0.15) is 0 Å². The first-order valence-corrected chi connectivity index (χ1v) is 7.73. The van der Waals surface area contributed by atoms with Crippen LogP contribution in [0.4, 0.5) is 10.5 Å². The molecule has 128 valence electrons. The van der Waals surface area contributed by atoms with E-state index in [4.69, 9.17) is 11.6 Å². The average Bonchev–Trinajstić information content (AvgIpc) is 3.13. The van der Waals surface area contributed by atoms with E-state index in [1.54, 1.807) is 30.3 Å². The van der Waals surface area contributed by atoms with Crippen LogP contribution in [0.2, 0.25) is 5.02 Å². The standard InChI is InChI=1S/C15H14ClN7O2/c16-11-1-3-12(4-2-11)20-15(25)18-7-8-22-14(24)6-5-13(21-22)23-10-17-9-19-23/h1-6,9-10H,7-8H2,(H2,18,20,25). The van der Waals surface area contributed by atoms with Gasteiger partial charge in [0, 0.05) is 23.3 Å². The molecule has 0 radical (unpaired) electrons. The van der Waals surface area contributed by atoms with Gasteiger partial charge in [0.05, 0.1) is 6.54 Å². The lowest BCUT2D eigenvalue weighted by Gasteiger charge is -2.09. The maximum absolute atomic E-state index is 11.9. The highest BCUT2D eigenvalue weighted by Gasteiger charge is 2.05. The molecular weight excluding hydrogens is 346 g/mol. The Morgan fingerprint density at radius 1 is 1.16 bits per heavy atom. The normalized spacial score (nSPS) is 10.4. The van der Waals surface area contributed by atoms with Crippen molar-refractivity contribution in [3.05, 3.63) is 64.4 Å². The minimum Gasteiger partial charge on any atom is -0.336 e. The van der Waals surface area contributed by atoms with Crippen molar-refractivity contribution >= 4 is 23.3 Å². The molecule has 2 aromatic heterocycles. The van der Waals surface area contributed by atoms with Gasteiger partial charge in [-0.25, -0.2) is 19.1 Å². The third kappa shape index (κ3) is 4.42. The van der Waals surface area contributed by atoms with E-state index in [-0.39, 0.29) is 24.7 Å². The van der Waals surface area contributed by atoms with E-state index in [2.05, 4.69) is 25.8 Å². The van der Waals surface area contributed by atoms with Gasteiger partial charge in [-0.05, 0) is 30.3 Å². The first-order chi connectivity index (χ1) is 12.1. The van der Waals surface area contributed by atoms with Crippen LogP contribution in [0.3, 0.4) is 0 Å². The fraction of sp³-hybridized carbons (Fsp3) is 0.133. The van der Waals surface area contributed by atoms with Crippen molar-refractivity contribution in [2.24, 2.45) is 0 Å². The van der Waals surface area contributed by atoms with Crippen LogP contribution in [0.25, 0.3) is 5.82 Å². The van der Waals surface area contributed by atoms with Crippen LogP contribution in [-0.4, -0.2) is 37.1 Å². The summed E-state index contributed by atoms with van der Waals surface area (Å²) in [4.78, 5) is 27.5. The minimum atomic E-state index is -0.386. The zero-order valence-corrected chi connectivity index (χ0v) is 13.7. The van der Waals surface area contributed by atoms with E-state index in [1.807, 2.05) is 0 Å². The fourth-order valence-corrected chi connectivity index (χ4v) is 2.16. The molecule has 10 heteroatoms. The lowest BCUT2D eigenvalue weighted by molar-refractivity contribution is 0.251. The van der Waals surface area contributed by atoms with Crippen LogP contribution in [0.15, 0.2) is 53.8 Å². The molecule has 0 aliphatic carbocycles. The number of anilines is 1. The van der Waals surface area contributed by atoms with Crippen LogP contribution in [0.5, 0.6) is 0 Å². The zero-order valence-electron chi connectivity index (χ0n) is 13.0. The van der Waals surface area contributed by atoms with Gasteiger partial charge in [0.25, 0.3) is 5.56 Å². The van der Waals surface area contributed by atoms with E-state index in [1.165, 1.54) is 28.1 Å². The number of carbonyl (C=O) groups is 1. The Morgan fingerprint density at radius 2 is 1.96 bits per heavy atom. The predicted molar refractivity (Wildman–Crippen MR) is 91.9 cm³/mol. The number of aromatic nitrogens is 5. The van der Waals surface area contributed by atoms with Crippen molar-refractivity contribution < 1.29 is 4.79 Å². The summed E-state index contributed by atoms with van der Waals surface area (Å²) in [6, 6.07) is 9.28. The van der Waals surface area contributed by atoms with E-state index in [0.29, 0.717) is 16.5 Å². The smallest absolute Gasteiger partial charge is 0.319 e. The number of hydrogen-bond donors (Lipinski definition) is 2. The lowest BCUT2D eigenvalue weighted by Crippen LogP contribution is -2.34. The summed E-state index contributed by atoms with van der Waals surface area (Å²) in [7, 11) is 0. The van der Waals surface area contributed by atoms with Crippen molar-refractivity contribution in [1.82, 2.24) is 29.9 Å². The van der Waals surface area contributed by atoms with Gasteiger partial charge in [-0.3, -0.25) is 4.79 Å². The summed E-state index contributed by atoms with van der Waals surface area (Å²) in [5, 5.41) is 14.1. The highest BCUT2D eigenvalue weighted by atomic mass is 35.5. The molecular formula is C15H14ClN7O2. The average molecular weight is 360 g/mol. The summed E-state index contributed by atoms with van der Waals surface area (Å²) in [6.07, 6.45) is 2.86. The number of benzene rings is 1. The predicted octanol–water partition coefficient (Wildman–Crippen LogP) is 1.30. The molecule has 25 heavy (non-hydrogen) atoms. The Labute approximate surface area is 147 Å². The van der Waals surface area contributed by atoms with Crippen LogP contribution >= 0.6 is 11.6 Å². The molecule has 0 unspecified atom stereocenters. The minimum absolute atomic E-state index is 0.218. The third-order valence-corrected chi connectivity index (χ3v) is 3.47. The Kier molecular flexibility index (Phi) is 5.05. The van der Waals surface area contributed by atoms with E-state index < -0.39 is 0 Å². The second-order valence-corrected chi connectivity index (χ2v) is 5.42. The summed E-state index contributed by atoms with van der Waals surface area (Å²) in [5.74, 6) is 0.461. The van der Waals surface area contributed by atoms with Crippen molar-refractivity contribution in [2.45, 2.75) is 6.54 Å². The van der Waals surface area contributed by atoms with Gasteiger partial charge in [-0.2, -0.15) is 5.10 Å². The van der Waals surface area contributed by atoms with Gasteiger partial charge in [0.15, 0.2) is 5.82 Å². The molecule has 0 bridgehead atoms. The van der Waals surface area contributed by atoms with Crippen molar-refractivity contribution in [2.75, 3.05) is 11.9 Å². The van der Waals surface area contributed by atoms with Crippen LogP contribution in [-0.2, 0) is 6.54 Å². The highest BCUT2D eigenvalue weighted by molar-refractivity contribution is 6.30. The molecule has 0 aliphatic heterocycles. The van der Waals surface area contributed by atoms with Gasteiger partial charge in [-0.1, -0.05) is 11.6 Å². The van der Waals surface area contributed by atoms with E-state index in [0.717, 1.165) is 0 Å². The lowest BCUT2D eigenvalue weighted by atomic mass is 10.3. The molecule has 0 atom stereocenters. The number of halogens is 1. The molecule has 2 N–H and O–H groups in total. The maximum Gasteiger partial charge on any atom is 0.319 e. The number of hydrogen-bond acceptors (Lipinski definition) is 5. The summed E-state index contributed by atoms with van der Waals surface area (Å²) < 4.78 is 2.69. The van der Waals surface area contributed by atoms with Gasteiger partial charge in [-0.15, -0.1) is 5.10 Å². The quantitative estimate of drug-likeness (QED) is 0.714. The number of carbonyl (C=O) groups excluding carboxylic acids is 1. The van der Waals surface area contributed by atoms with Gasteiger partial charge in [0.1, 0.15) is 12.7 Å². The molecule has 0 saturated carbocycles. The molecule has 0 aliphatic rings. The topological polar surface area (TPSA) is 107 Å². The summed E-state index contributed by atoms with van der Waals surface area (Å²) >= 11 is 5.79. The first kappa shape index (κ1) is 16.7. The fourth-order valence-electron chi connectivity index (χ4n) is 2.03. The molecule has 0 saturated heterocycles. The number of nitrogens with one attached hydrogen (secondary N) is 2. The van der Waals surface area contributed by atoms with E-state index in [9.17, 15) is 9.59 Å². The number of amides is 2. The Morgan fingerprint density at radius 3 is 2.68 bits per heavy atom. The Hall–Kier alpha value is -3.20. The molecule has 2 heterocycles. The number of urea groups is 1. The molecule has 1 aromatic carbocycles. The van der Waals surface area contributed by atoms with Crippen LogP contribution in [0, 0.1) is 0 Å². The summed E-state index contributed by atoms with van der Waals surface area (Å²) in [6.45, 7) is 0.447. The third-order valence-electron chi connectivity index (χ3n) is 3.22. The Balaban J connectivity index is 1.56. The zero-order chi connectivity index (χ0) is 17.6. The van der Waals surface area contributed by atoms with E-state index >= 15 is 0 Å². The molecule has 9 nitrogen and oxygen atoms in total. The van der Waals surface area contributed by atoms with Crippen molar-refractivity contribution in [3.8, 4) is 5.82 Å². The first-order valence-electron chi connectivity index (χ1n) is 7.35. The monoisotopic (exact) mass is 359 g/mol. The molecule has 3 rings (SSSR count). The van der Waals surface area contributed by atoms with Crippen LogP contribution < -0.4 is 16.2 Å².